The van der Waals surface area contributed by atoms with E-state index in [-0.39, 0.29) is 32.3 Å². The van der Waals surface area contributed by atoms with Gasteiger partial charge in [-0.05, 0) is 36.4 Å². The molecule has 0 saturated carbocycles. The van der Waals surface area contributed by atoms with Gasteiger partial charge in [-0.3, -0.25) is 24.4 Å². The van der Waals surface area contributed by atoms with E-state index in [0.29, 0.717) is 0 Å². The molecule has 10 heteroatoms. The van der Waals surface area contributed by atoms with E-state index in [1.165, 1.54) is 49.3 Å². The number of rotatable bonds is 4. The number of halogens is 1. The molecule has 27 heavy (non-hydrogen) atoms. The smallest absolute Gasteiger partial charge is 0.261 e. The summed E-state index contributed by atoms with van der Waals surface area (Å²) in [5.74, 6) is -1.66. The van der Waals surface area contributed by atoms with Gasteiger partial charge in [-0.1, -0.05) is 11.6 Å². The standard InChI is InChI=1S/C17H14ClN3O5S/c1-21(2)17(24)12-5-3-9(18)7-14(12)20-27(25,26)10-4-6-11-13(8-10)16(23)19-15(11)22/h3-8,20H,1-2H3,(H,19,22,23). The Hall–Kier alpha value is -2.91. The Balaban J connectivity index is 2.03. The van der Waals surface area contributed by atoms with Crippen LogP contribution in [0.4, 0.5) is 5.69 Å². The lowest BCUT2D eigenvalue weighted by Gasteiger charge is -2.16. The molecule has 0 saturated heterocycles. The van der Waals surface area contributed by atoms with Crippen molar-refractivity contribution in [3.63, 3.8) is 0 Å². The Morgan fingerprint density at radius 1 is 1.04 bits per heavy atom. The van der Waals surface area contributed by atoms with Crippen LogP contribution < -0.4 is 10.0 Å². The van der Waals surface area contributed by atoms with Gasteiger partial charge in [0.15, 0.2) is 0 Å². The molecule has 0 unspecified atom stereocenters. The average Bonchev–Trinajstić information content (AvgIpc) is 2.88. The lowest BCUT2D eigenvalue weighted by Crippen LogP contribution is -2.24. The van der Waals surface area contributed by atoms with Gasteiger partial charge in [0.05, 0.1) is 27.3 Å². The topological polar surface area (TPSA) is 113 Å². The number of amides is 3. The maximum absolute atomic E-state index is 12.7. The molecule has 0 radical (unpaired) electrons. The highest BCUT2D eigenvalue weighted by Gasteiger charge is 2.29. The van der Waals surface area contributed by atoms with E-state index in [4.69, 9.17) is 11.6 Å². The summed E-state index contributed by atoms with van der Waals surface area (Å²) >= 11 is 5.94. The molecular formula is C17H14ClN3O5S. The Kier molecular flexibility index (Phi) is 4.66. The number of nitrogens with one attached hydrogen (secondary N) is 2. The van der Waals surface area contributed by atoms with E-state index in [2.05, 4.69) is 10.0 Å². The van der Waals surface area contributed by atoms with E-state index in [1.54, 1.807) is 0 Å². The molecule has 1 aliphatic heterocycles. The van der Waals surface area contributed by atoms with Crippen LogP contribution in [0.3, 0.4) is 0 Å². The van der Waals surface area contributed by atoms with Gasteiger partial charge in [-0.15, -0.1) is 0 Å². The maximum Gasteiger partial charge on any atom is 0.261 e. The van der Waals surface area contributed by atoms with Crippen molar-refractivity contribution < 1.29 is 22.8 Å². The Morgan fingerprint density at radius 3 is 2.37 bits per heavy atom. The maximum atomic E-state index is 12.7. The lowest BCUT2D eigenvalue weighted by atomic mass is 10.1. The lowest BCUT2D eigenvalue weighted by molar-refractivity contribution is 0.0826. The van der Waals surface area contributed by atoms with E-state index >= 15 is 0 Å². The van der Waals surface area contributed by atoms with E-state index in [0.717, 1.165) is 6.07 Å². The van der Waals surface area contributed by atoms with Gasteiger partial charge in [0, 0.05) is 19.1 Å². The largest absolute Gasteiger partial charge is 0.345 e. The summed E-state index contributed by atoms with van der Waals surface area (Å²) in [7, 11) is -1.08. The molecule has 1 aliphatic rings. The molecular weight excluding hydrogens is 394 g/mol. The molecule has 140 valence electrons. The van der Waals surface area contributed by atoms with Crippen LogP contribution in [0.5, 0.6) is 0 Å². The zero-order chi connectivity index (χ0) is 19.9. The predicted molar refractivity (Wildman–Crippen MR) is 98.5 cm³/mol. The molecule has 0 fully saturated rings. The third-order valence-corrected chi connectivity index (χ3v) is 5.48. The zero-order valence-electron chi connectivity index (χ0n) is 14.2. The average molecular weight is 408 g/mol. The molecule has 0 aromatic heterocycles. The number of hydrogen-bond acceptors (Lipinski definition) is 5. The highest BCUT2D eigenvalue weighted by Crippen LogP contribution is 2.26. The van der Waals surface area contributed by atoms with Crippen LogP contribution in [0.15, 0.2) is 41.3 Å². The van der Waals surface area contributed by atoms with Crippen molar-refractivity contribution in [2.45, 2.75) is 4.90 Å². The molecule has 0 aliphatic carbocycles. The monoisotopic (exact) mass is 407 g/mol. The first-order valence-electron chi connectivity index (χ1n) is 7.64. The van der Waals surface area contributed by atoms with Gasteiger partial charge in [-0.2, -0.15) is 0 Å². The summed E-state index contributed by atoms with van der Waals surface area (Å²) in [6, 6.07) is 7.78. The fourth-order valence-corrected chi connectivity index (χ4v) is 3.81. The van der Waals surface area contributed by atoms with E-state index < -0.39 is 27.7 Å². The summed E-state index contributed by atoms with van der Waals surface area (Å²) in [5.41, 5.74) is 0.188. The number of fused-ring (bicyclic) bond motifs is 1. The minimum atomic E-state index is -4.14. The first kappa shape index (κ1) is 18.9. The number of anilines is 1. The SMILES string of the molecule is CN(C)C(=O)c1ccc(Cl)cc1NS(=O)(=O)c1ccc2c(c1)C(=O)NC2=O. The molecule has 0 atom stereocenters. The first-order valence-corrected chi connectivity index (χ1v) is 9.50. The number of hydrogen-bond donors (Lipinski definition) is 2. The van der Waals surface area contributed by atoms with Crippen molar-refractivity contribution in [3.8, 4) is 0 Å². The van der Waals surface area contributed by atoms with Crippen molar-refractivity contribution in [2.75, 3.05) is 18.8 Å². The van der Waals surface area contributed by atoms with Crippen molar-refractivity contribution in [1.82, 2.24) is 10.2 Å². The summed E-state index contributed by atoms with van der Waals surface area (Å²) in [6.45, 7) is 0. The molecule has 2 aromatic rings. The van der Waals surface area contributed by atoms with Crippen LogP contribution in [0.2, 0.25) is 5.02 Å². The highest BCUT2D eigenvalue weighted by atomic mass is 35.5. The third kappa shape index (κ3) is 3.51. The third-order valence-electron chi connectivity index (χ3n) is 3.88. The van der Waals surface area contributed by atoms with Gasteiger partial charge in [0.25, 0.3) is 27.7 Å². The van der Waals surface area contributed by atoms with Gasteiger partial charge in [0.1, 0.15) is 0 Å². The summed E-state index contributed by atoms with van der Waals surface area (Å²) in [6.07, 6.45) is 0. The molecule has 2 aromatic carbocycles. The molecule has 1 heterocycles. The second-order valence-corrected chi connectivity index (χ2v) is 8.10. The number of nitrogens with zero attached hydrogens (tertiary/aromatic N) is 1. The number of carbonyl (C=O) groups excluding carboxylic acids is 3. The van der Waals surface area contributed by atoms with Gasteiger partial charge in [-0.25, -0.2) is 8.42 Å². The second-order valence-electron chi connectivity index (χ2n) is 5.99. The molecule has 0 bridgehead atoms. The van der Waals surface area contributed by atoms with Crippen LogP contribution >= 0.6 is 11.6 Å². The Labute approximate surface area is 160 Å². The fourth-order valence-electron chi connectivity index (χ4n) is 2.55. The molecule has 8 nitrogen and oxygen atoms in total. The van der Waals surface area contributed by atoms with Crippen LogP contribution in [0.1, 0.15) is 31.1 Å². The minimum Gasteiger partial charge on any atom is -0.345 e. The van der Waals surface area contributed by atoms with Crippen molar-refractivity contribution in [3.05, 3.63) is 58.1 Å². The second kappa shape index (κ2) is 6.67. The normalized spacial score (nSPS) is 13.1. The molecule has 2 N–H and O–H groups in total. The fraction of sp³-hybridized carbons (Fsp3) is 0.118. The van der Waals surface area contributed by atoms with Gasteiger partial charge >= 0.3 is 0 Å². The summed E-state index contributed by atoms with van der Waals surface area (Å²) < 4.78 is 27.8. The molecule has 0 spiro atoms. The predicted octanol–water partition coefficient (Wildman–Crippen LogP) is 1.73. The van der Waals surface area contributed by atoms with Crippen molar-refractivity contribution in [1.29, 1.82) is 0 Å². The van der Waals surface area contributed by atoms with Crippen LogP contribution in [0.25, 0.3) is 0 Å². The number of sulfonamides is 1. The minimum absolute atomic E-state index is 0.00206. The quantitative estimate of drug-likeness (QED) is 0.749. The number of imide groups is 1. The van der Waals surface area contributed by atoms with E-state index in [9.17, 15) is 22.8 Å². The van der Waals surface area contributed by atoms with E-state index in [1.807, 2.05) is 0 Å². The first-order chi connectivity index (χ1) is 12.6. The highest BCUT2D eigenvalue weighted by molar-refractivity contribution is 7.92. The molecule has 3 rings (SSSR count). The Morgan fingerprint density at radius 2 is 1.70 bits per heavy atom. The van der Waals surface area contributed by atoms with Gasteiger partial charge in [0.2, 0.25) is 0 Å². The molecule has 3 amide bonds. The number of benzene rings is 2. The van der Waals surface area contributed by atoms with Crippen LogP contribution in [-0.2, 0) is 10.0 Å². The van der Waals surface area contributed by atoms with Gasteiger partial charge < -0.3 is 4.90 Å². The van der Waals surface area contributed by atoms with Crippen LogP contribution in [0, 0.1) is 0 Å². The van der Waals surface area contributed by atoms with Crippen molar-refractivity contribution in [2.24, 2.45) is 0 Å². The van der Waals surface area contributed by atoms with Crippen molar-refractivity contribution >= 4 is 45.0 Å². The van der Waals surface area contributed by atoms with Crippen LogP contribution in [-0.4, -0.2) is 45.1 Å². The number of carbonyl (C=O) groups is 3. The summed E-state index contributed by atoms with van der Waals surface area (Å²) in [5, 5.41) is 2.33. The Bertz CT molecular complexity index is 1100. The summed E-state index contributed by atoms with van der Waals surface area (Å²) in [4.78, 5) is 36.7. The zero-order valence-corrected chi connectivity index (χ0v) is 15.8.